The zero-order chi connectivity index (χ0) is 20.1. The second-order valence-electron chi connectivity index (χ2n) is 6.44. The average Bonchev–Trinajstić information content (AvgIpc) is 2.66. The molecule has 0 aromatic heterocycles. The van der Waals surface area contributed by atoms with Gasteiger partial charge in [0.15, 0.2) is 0 Å². The van der Waals surface area contributed by atoms with E-state index in [1.807, 2.05) is 49.4 Å². The number of aryl methyl sites for hydroxylation is 1. The van der Waals surface area contributed by atoms with E-state index >= 15 is 0 Å². The number of nitrogens with two attached hydrogens (primary N) is 1. The van der Waals surface area contributed by atoms with E-state index in [0.717, 1.165) is 16.7 Å². The van der Waals surface area contributed by atoms with Crippen molar-refractivity contribution >= 4 is 34.9 Å². The van der Waals surface area contributed by atoms with E-state index in [9.17, 15) is 9.59 Å². The summed E-state index contributed by atoms with van der Waals surface area (Å²) in [6.07, 6.45) is 0.578. The van der Waals surface area contributed by atoms with Gasteiger partial charge in [-0.25, -0.2) is 4.79 Å². The molecule has 0 aliphatic heterocycles. The van der Waals surface area contributed by atoms with Crippen LogP contribution in [0.4, 0.5) is 16.2 Å². The second-order valence-corrected chi connectivity index (χ2v) is 6.85. The fourth-order valence-corrected chi connectivity index (χ4v) is 3.03. The molecular weight excluding hydrogens is 374 g/mol. The lowest BCUT2D eigenvalue weighted by Gasteiger charge is -2.13. The van der Waals surface area contributed by atoms with E-state index in [1.165, 1.54) is 0 Å². The van der Waals surface area contributed by atoms with Gasteiger partial charge in [-0.05, 0) is 54.3 Å². The highest BCUT2D eigenvalue weighted by Crippen LogP contribution is 2.23. The third-order valence-electron chi connectivity index (χ3n) is 4.29. The van der Waals surface area contributed by atoms with Gasteiger partial charge in [0.2, 0.25) is 0 Å². The summed E-state index contributed by atoms with van der Waals surface area (Å²) in [4.78, 5) is 24.1. The van der Waals surface area contributed by atoms with Gasteiger partial charge in [-0.2, -0.15) is 0 Å². The van der Waals surface area contributed by atoms with Crippen LogP contribution in [0.25, 0.3) is 0 Å². The fraction of sp³-hybridized carbons (Fsp3) is 0.0909. The Morgan fingerprint density at radius 3 is 2.29 bits per heavy atom. The number of hydrogen-bond acceptors (Lipinski definition) is 2. The zero-order valence-corrected chi connectivity index (χ0v) is 16.1. The first-order chi connectivity index (χ1) is 13.4. The van der Waals surface area contributed by atoms with Crippen LogP contribution in [0.15, 0.2) is 66.7 Å². The SMILES string of the molecule is Cc1ccc(NC(=O)c2cc(NC(N)=O)ccc2Cc2ccccc2)cc1Cl. The van der Waals surface area contributed by atoms with Crippen molar-refractivity contribution in [2.75, 3.05) is 10.6 Å². The minimum Gasteiger partial charge on any atom is -0.351 e. The Kier molecular flexibility index (Phi) is 5.96. The maximum atomic E-state index is 13.0. The Hall–Kier alpha value is -3.31. The molecule has 0 radical (unpaired) electrons. The van der Waals surface area contributed by atoms with Gasteiger partial charge in [0.05, 0.1) is 0 Å². The monoisotopic (exact) mass is 393 g/mol. The number of urea groups is 1. The maximum Gasteiger partial charge on any atom is 0.316 e. The van der Waals surface area contributed by atoms with Crippen LogP contribution in [-0.4, -0.2) is 11.9 Å². The number of amides is 3. The molecule has 0 saturated heterocycles. The van der Waals surface area contributed by atoms with Crippen LogP contribution in [0, 0.1) is 6.92 Å². The van der Waals surface area contributed by atoms with Crippen molar-refractivity contribution in [3.8, 4) is 0 Å². The lowest BCUT2D eigenvalue weighted by molar-refractivity contribution is 0.102. The van der Waals surface area contributed by atoms with E-state index in [1.54, 1.807) is 24.3 Å². The van der Waals surface area contributed by atoms with Gasteiger partial charge >= 0.3 is 6.03 Å². The lowest BCUT2D eigenvalue weighted by atomic mass is 9.98. The van der Waals surface area contributed by atoms with E-state index in [-0.39, 0.29) is 5.91 Å². The Morgan fingerprint density at radius 1 is 0.929 bits per heavy atom. The van der Waals surface area contributed by atoms with E-state index in [0.29, 0.717) is 28.4 Å². The third kappa shape index (κ3) is 4.90. The van der Waals surface area contributed by atoms with Gasteiger partial charge in [-0.3, -0.25) is 4.79 Å². The predicted molar refractivity (Wildman–Crippen MR) is 113 cm³/mol. The van der Waals surface area contributed by atoms with Crippen LogP contribution in [0.5, 0.6) is 0 Å². The molecule has 0 unspecified atom stereocenters. The molecule has 0 bridgehead atoms. The zero-order valence-electron chi connectivity index (χ0n) is 15.3. The molecule has 3 aromatic rings. The van der Waals surface area contributed by atoms with Crippen molar-refractivity contribution in [2.45, 2.75) is 13.3 Å². The summed E-state index contributed by atoms with van der Waals surface area (Å²) in [5, 5.41) is 5.95. The lowest BCUT2D eigenvalue weighted by Crippen LogP contribution is -2.20. The van der Waals surface area contributed by atoms with Crippen molar-refractivity contribution in [2.24, 2.45) is 5.73 Å². The number of nitrogens with one attached hydrogen (secondary N) is 2. The molecule has 28 heavy (non-hydrogen) atoms. The third-order valence-corrected chi connectivity index (χ3v) is 4.70. The standard InChI is InChI=1S/C22H20ClN3O2/c1-14-7-9-18(13-20(14)23)25-21(27)19-12-17(26-22(24)28)10-8-16(19)11-15-5-3-2-4-6-15/h2-10,12-13H,11H2,1H3,(H,25,27)(H3,24,26,28). The summed E-state index contributed by atoms with van der Waals surface area (Å²) in [5.74, 6) is -0.293. The van der Waals surface area contributed by atoms with Crippen LogP contribution in [0.2, 0.25) is 5.02 Å². The van der Waals surface area contributed by atoms with Gasteiger partial charge in [0.25, 0.3) is 5.91 Å². The summed E-state index contributed by atoms with van der Waals surface area (Å²) in [7, 11) is 0. The number of hydrogen-bond donors (Lipinski definition) is 3. The van der Waals surface area contributed by atoms with Crippen LogP contribution in [-0.2, 0) is 6.42 Å². The largest absolute Gasteiger partial charge is 0.351 e. The van der Waals surface area contributed by atoms with E-state index in [4.69, 9.17) is 17.3 Å². The first kappa shape index (κ1) is 19.5. The molecule has 0 fully saturated rings. The number of carbonyl (C=O) groups excluding carboxylic acids is 2. The van der Waals surface area contributed by atoms with Crippen molar-refractivity contribution in [1.82, 2.24) is 0 Å². The quantitative estimate of drug-likeness (QED) is 0.571. The first-order valence-electron chi connectivity index (χ1n) is 8.73. The van der Waals surface area contributed by atoms with Crippen molar-refractivity contribution in [3.63, 3.8) is 0 Å². The summed E-state index contributed by atoms with van der Waals surface area (Å²) >= 11 is 6.15. The molecule has 5 nitrogen and oxygen atoms in total. The Labute approximate surface area is 168 Å². The van der Waals surface area contributed by atoms with Gasteiger partial charge in [-0.1, -0.05) is 54.1 Å². The number of halogens is 1. The highest BCUT2D eigenvalue weighted by atomic mass is 35.5. The number of anilines is 2. The van der Waals surface area contributed by atoms with Gasteiger partial charge in [0.1, 0.15) is 0 Å². The normalized spacial score (nSPS) is 10.4. The van der Waals surface area contributed by atoms with Gasteiger partial charge in [-0.15, -0.1) is 0 Å². The van der Waals surface area contributed by atoms with Gasteiger partial charge < -0.3 is 16.4 Å². The molecule has 3 amide bonds. The summed E-state index contributed by atoms with van der Waals surface area (Å²) in [6, 6.07) is 19.6. The topological polar surface area (TPSA) is 84.2 Å². The molecule has 142 valence electrons. The molecule has 4 N–H and O–H groups in total. The number of carbonyl (C=O) groups is 2. The number of benzene rings is 3. The minimum absolute atomic E-state index is 0.293. The van der Waals surface area contributed by atoms with Crippen LogP contribution < -0.4 is 16.4 Å². The molecule has 0 saturated carbocycles. The highest BCUT2D eigenvalue weighted by Gasteiger charge is 2.14. The molecule has 0 aliphatic rings. The predicted octanol–water partition coefficient (Wildman–Crippen LogP) is 4.98. The van der Waals surface area contributed by atoms with Crippen molar-refractivity contribution < 1.29 is 9.59 Å². The first-order valence-corrected chi connectivity index (χ1v) is 9.11. The summed E-state index contributed by atoms with van der Waals surface area (Å²) in [5.41, 5.74) is 9.54. The number of rotatable bonds is 5. The maximum absolute atomic E-state index is 13.0. The Bertz CT molecular complexity index is 1020. The minimum atomic E-state index is -0.688. The molecule has 0 heterocycles. The molecule has 3 rings (SSSR count). The van der Waals surface area contributed by atoms with E-state index < -0.39 is 6.03 Å². The Balaban J connectivity index is 1.93. The number of primary amides is 1. The van der Waals surface area contributed by atoms with Crippen LogP contribution in [0.3, 0.4) is 0 Å². The smallest absolute Gasteiger partial charge is 0.316 e. The average molecular weight is 394 g/mol. The second kappa shape index (κ2) is 8.59. The van der Waals surface area contributed by atoms with E-state index in [2.05, 4.69) is 10.6 Å². The summed E-state index contributed by atoms with van der Waals surface area (Å²) in [6.45, 7) is 1.89. The Morgan fingerprint density at radius 2 is 1.61 bits per heavy atom. The molecule has 0 spiro atoms. The highest BCUT2D eigenvalue weighted by molar-refractivity contribution is 6.31. The van der Waals surface area contributed by atoms with Crippen molar-refractivity contribution in [3.05, 3.63) is 94.0 Å². The molecule has 3 aromatic carbocycles. The van der Waals surface area contributed by atoms with Gasteiger partial charge in [0, 0.05) is 22.0 Å². The summed E-state index contributed by atoms with van der Waals surface area (Å²) < 4.78 is 0. The molecule has 0 aliphatic carbocycles. The van der Waals surface area contributed by atoms with Crippen LogP contribution >= 0.6 is 11.6 Å². The van der Waals surface area contributed by atoms with Crippen molar-refractivity contribution in [1.29, 1.82) is 0 Å². The molecule has 6 heteroatoms. The fourth-order valence-electron chi connectivity index (χ4n) is 2.85. The molecular formula is C22H20ClN3O2. The molecule has 0 atom stereocenters. The van der Waals surface area contributed by atoms with Crippen LogP contribution in [0.1, 0.15) is 27.0 Å².